The molecule has 2 bridgehead atoms. The molecule has 3 aromatic rings. The predicted octanol–water partition coefficient (Wildman–Crippen LogP) is 3.04. The van der Waals surface area contributed by atoms with Crippen LogP contribution in [0.25, 0.3) is 6.08 Å². The molecule has 0 saturated heterocycles. The Kier molecular flexibility index (Phi) is 4.15. The van der Waals surface area contributed by atoms with Crippen LogP contribution < -0.4 is 19.6 Å². The summed E-state index contributed by atoms with van der Waals surface area (Å²) in [6.07, 6.45) is 1.86. The Morgan fingerprint density at radius 1 is 1.28 bits per heavy atom. The van der Waals surface area contributed by atoms with E-state index >= 15 is 0 Å². The zero-order valence-electron chi connectivity index (χ0n) is 15.8. The van der Waals surface area contributed by atoms with Gasteiger partial charge in [0.05, 0.1) is 10.6 Å². The van der Waals surface area contributed by atoms with Crippen LogP contribution in [0.5, 0.6) is 5.75 Å². The number of carbonyl (C=O) groups excluding carboxylic acids is 1. The van der Waals surface area contributed by atoms with E-state index in [4.69, 9.17) is 9.73 Å². The van der Waals surface area contributed by atoms with Crippen molar-refractivity contribution in [3.05, 3.63) is 83.8 Å². The van der Waals surface area contributed by atoms with Crippen molar-refractivity contribution in [1.82, 2.24) is 4.57 Å². The molecule has 5 rings (SSSR count). The second-order valence-corrected chi connectivity index (χ2v) is 9.39. The van der Waals surface area contributed by atoms with Crippen molar-refractivity contribution in [2.75, 3.05) is 0 Å². The third-order valence-corrected chi connectivity index (χ3v) is 6.94. The molecular formula is C22H17BrN2O3S. The average molecular weight is 469 g/mol. The van der Waals surface area contributed by atoms with Crippen molar-refractivity contribution >= 4 is 39.1 Å². The molecule has 0 fully saturated rings. The van der Waals surface area contributed by atoms with Crippen LogP contribution in [0.4, 0.5) is 0 Å². The molecule has 3 unspecified atom stereocenters. The molecule has 1 aromatic heterocycles. The first-order chi connectivity index (χ1) is 13.9. The zero-order chi connectivity index (χ0) is 20.3. The Morgan fingerprint density at radius 2 is 2.07 bits per heavy atom. The minimum Gasteiger partial charge on any atom is -0.465 e. The van der Waals surface area contributed by atoms with Crippen LogP contribution in [0.1, 0.15) is 31.0 Å². The summed E-state index contributed by atoms with van der Waals surface area (Å²) < 4.78 is 9.39. The van der Waals surface area contributed by atoms with Crippen molar-refractivity contribution < 1.29 is 9.53 Å². The van der Waals surface area contributed by atoms with Crippen molar-refractivity contribution in [3.8, 4) is 5.75 Å². The molecular weight excluding hydrogens is 452 g/mol. The Morgan fingerprint density at radius 3 is 2.83 bits per heavy atom. The van der Waals surface area contributed by atoms with E-state index in [-0.39, 0.29) is 11.3 Å². The molecule has 0 aliphatic carbocycles. The van der Waals surface area contributed by atoms with Gasteiger partial charge >= 0.3 is 0 Å². The molecule has 0 N–H and O–H groups in total. The lowest BCUT2D eigenvalue weighted by molar-refractivity contribution is -0.132. The minimum atomic E-state index is -1.03. The number of para-hydroxylation sites is 1. The molecule has 3 heterocycles. The molecule has 2 aliphatic heterocycles. The third kappa shape index (κ3) is 2.83. The van der Waals surface area contributed by atoms with Crippen LogP contribution in [0.15, 0.2) is 62.8 Å². The lowest BCUT2D eigenvalue weighted by Crippen LogP contribution is -2.58. The lowest BCUT2D eigenvalue weighted by Gasteiger charge is -2.45. The van der Waals surface area contributed by atoms with Gasteiger partial charge < -0.3 is 4.74 Å². The van der Waals surface area contributed by atoms with Gasteiger partial charge in [0.15, 0.2) is 4.80 Å². The van der Waals surface area contributed by atoms with E-state index in [0.29, 0.717) is 15.1 Å². The molecule has 2 aliphatic rings. The van der Waals surface area contributed by atoms with Crippen molar-refractivity contribution in [3.63, 3.8) is 0 Å². The molecule has 0 radical (unpaired) electrons. The van der Waals surface area contributed by atoms with Crippen molar-refractivity contribution in [2.24, 2.45) is 10.9 Å². The van der Waals surface area contributed by atoms with Gasteiger partial charge in [0, 0.05) is 10.0 Å². The third-order valence-electron chi connectivity index (χ3n) is 5.46. The number of Topliss-reactive ketones (excluding diaryl/α,β-unsaturated/α-hetero) is 1. The average Bonchev–Trinajstić information content (AvgIpc) is 2.94. The monoisotopic (exact) mass is 468 g/mol. The molecule has 7 heteroatoms. The fourth-order valence-corrected chi connectivity index (χ4v) is 5.82. The smallest absolute Gasteiger partial charge is 0.270 e. The highest BCUT2D eigenvalue weighted by Crippen LogP contribution is 2.47. The molecule has 5 nitrogen and oxygen atoms in total. The van der Waals surface area contributed by atoms with Crippen LogP contribution in [0, 0.1) is 5.92 Å². The summed E-state index contributed by atoms with van der Waals surface area (Å²) in [7, 11) is 0. The number of rotatable bonds is 2. The Balaban J connectivity index is 1.81. The van der Waals surface area contributed by atoms with Crippen LogP contribution in [0.3, 0.4) is 0 Å². The zero-order valence-corrected chi connectivity index (χ0v) is 18.2. The first-order valence-corrected chi connectivity index (χ1v) is 10.9. The van der Waals surface area contributed by atoms with Crippen LogP contribution in [-0.2, 0) is 4.79 Å². The number of thiazole rings is 1. The standard InChI is InChI=1S/C22H17BrN2O3S/c1-12(26)18-19-15-8-3-4-9-16(15)28-22(18,2)24-21-25(19)20(27)17(29-21)11-13-6-5-7-14(23)10-13/h3-11,18-19H,1-2H3/b17-11-. The fourth-order valence-electron chi connectivity index (χ4n) is 4.30. The second-order valence-electron chi connectivity index (χ2n) is 7.46. The van der Waals surface area contributed by atoms with Gasteiger partial charge in [-0.3, -0.25) is 14.2 Å². The minimum absolute atomic E-state index is 0.0444. The SMILES string of the molecule is CC(=O)C1C2c3ccccc3OC1(C)N=c1s/c(=C\c3cccc(Br)c3)c(=O)n12. The van der Waals surface area contributed by atoms with Gasteiger partial charge in [-0.25, -0.2) is 4.99 Å². The van der Waals surface area contributed by atoms with Crippen molar-refractivity contribution in [2.45, 2.75) is 25.6 Å². The molecule has 29 heavy (non-hydrogen) atoms. The maximum atomic E-state index is 13.4. The van der Waals surface area contributed by atoms with Gasteiger partial charge in [0.2, 0.25) is 5.72 Å². The first-order valence-electron chi connectivity index (χ1n) is 9.24. The van der Waals surface area contributed by atoms with Crippen LogP contribution in [0.2, 0.25) is 0 Å². The highest BCUT2D eigenvalue weighted by Gasteiger charge is 2.53. The summed E-state index contributed by atoms with van der Waals surface area (Å²) in [5.74, 6) is 0.0652. The normalized spacial score (nSPS) is 24.9. The highest BCUT2D eigenvalue weighted by molar-refractivity contribution is 9.10. The number of nitrogens with zero attached hydrogens (tertiary/aromatic N) is 2. The van der Waals surface area contributed by atoms with E-state index in [1.165, 1.54) is 11.3 Å². The molecule has 146 valence electrons. The van der Waals surface area contributed by atoms with E-state index in [1.54, 1.807) is 11.5 Å². The molecule has 0 spiro atoms. The van der Waals surface area contributed by atoms with Crippen molar-refractivity contribution in [1.29, 1.82) is 0 Å². The number of carbonyl (C=O) groups is 1. The summed E-state index contributed by atoms with van der Waals surface area (Å²) in [6.45, 7) is 3.37. The number of hydrogen-bond donors (Lipinski definition) is 0. The van der Waals surface area contributed by atoms with Crippen LogP contribution >= 0.6 is 27.3 Å². The first kappa shape index (κ1) is 18.5. The number of benzene rings is 2. The molecule has 3 atom stereocenters. The van der Waals surface area contributed by atoms with E-state index in [9.17, 15) is 9.59 Å². The summed E-state index contributed by atoms with van der Waals surface area (Å²) in [5.41, 5.74) is 0.596. The number of fused-ring (bicyclic) bond motifs is 6. The Hall–Kier alpha value is -2.51. The lowest BCUT2D eigenvalue weighted by atomic mass is 9.79. The van der Waals surface area contributed by atoms with E-state index in [1.807, 2.05) is 61.5 Å². The number of halogens is 1. The quantitative estimate of drug-likeness (QED) is 0.580. The number of aromatic nitrogens is 1. The Labute approximate surface area is 179 Å². The van der Waals surface area contributed by atoms with Gasteiger partial charge in [0.1, 0.15) is 17.5 Å². The predicted molar refractivity (Wildman–Crippen MR) is 115 cm³/mol. The molecule has 0 saturated carbocycles. The molecule has 2 aromatic carbocycles. The van der Waals surface area contributed by atoms with E-state index in [2.05, 4.69) is 15.9 Å². The van der Waals surface area contributed by atoms with E-state index < -0.39 is 17.7 Å². The van der Waals surface area contributed by atoms with Gasteiger partial charge in [-0.2, -0.15) is 0 Å². The summed E-state index contributed by atoms with van der Waals surface area (Å²) in [6, 6.07) is 14.9. The number of ketones is 1. The van der Waals surface area contributed by atoms with E-state index in [0.717, 1.165) is 15.6 Å². The van der Waals surface area contributed by atoms with Crippen LogP contribution in [-0.4, -0.2) is 16.1 Å². The topological polar surface area (TPSA) is 60.7 Å². The Bertz CT molecular complexity index is 1340. The maximum absolute atomic E-state index is 13.4. The van der Waals surface area contributed by atoms with Gasteiger partial charge in [0.25, 0.3) is 5.56 Å². The summed E-state index contributed by atoms with van der Waals surface area (Å²) in [5, 5.41) is 0. The second kappa shape index (κ2) is 6.50. The summed E-state index contributed by atoms with van der Waals surface area (Å²) in [4.78, 5) is 31.4. The highest BCUT2D eigenvalue weighted by atomic mass is 79.9. The molecule has 0 amide bonds. The largest absolute Gasteiger partial charge is 0.465 e. The fraction of sp³-hybridized carbons (Fsp3) is 0.227. The van der Waals surface area contributed by atoms with Gasteiger partial charge in [-0.1, -0.05) is 57.6 Å². The maximum Gasteiger partial charge on any atom is 0.270 e. The number of hydrogen-bond acceptors (Lipinski definition) is 5. The van der Waals surface area contributed by atoms with Gasteiger partial charge in [-0.15, -0.1) is 0 Å². The summed E-state index contributed by atoms with van der Waals surface area (Å²) >= 11 is 4.79. The number of ether oxygens (including phenoxy) is 1. The van der Waals surface area contributed by atoms with Gasteiger partial charge in [-0.05, 0) is 43.7 Å².